The van der Waals surface area contributed by atoms with Crippen LogP contribution in [0, 0.1) is 5.41 Å². The largest absolute Gasteiger partial charge is 0.284 e. The van der Waals surface area contributed by atoms with E-state index in [-0.39, 0.29) is 17.4 Å². The maximum Gasteiger partial charge on any atom is 0.265 e. The molecule has 102 valence electrons. The summed E-state index contributed by atoms with van der Waals surface area (Å²) >= 11 is 0. The number of nitrogens with one attached hydrogen (secondary N) is 1. The van der Waals surface area contributed by atoms with Crippen LogP contribution in [0.3, 0.4) is 0 Å². The number of nitrogens with zero attached hydrogens (tertiary/aromatic N) is 1. The number of benzene rings is 1. The van der Waals surface area contributed by atoms with Crippen molar-refractivity contribution in [3.8, 4) is 0 Å². The van der Waals surface area contributed by atoms with Gasteiger partial charge in [-0.25, -0.2) is 5.01 Å². The van der Waals surface area contributed by atoms with Gasteiger partial charge in [-0.3, -0.25) is 10.2 Å². The molecule has 3 heteroatoms. The average Bonchev–Trinajstić information content (AvgIpc) is 2.39. The minimum absolute atomic E-state index is 0.0369. The summed E-state index contributed by atoms with van der Waals surface area (Å²) in [5, 5.41) is 2.05. The molecule has 0 aliphatic carbocycles. The Morgan fingerprint density at radius 2 is 1.95 bits per heavy atom. The van der Waals surface area contributed by atoms with Gasteiger partial charge in [0, 0.05) is 12.1 Å². The second-order valence-electron chi connectivity index (χ2n) is 6.03. The molecule has 1 aliphatic heterocycles. The van der Waals surface area contributed by atoms with Crippen LogP contribution in [0.25, 0.3) is 0 Å². The lowest BCUT2D eigenvalue weighted by molar-refractivity contribution is 0.0538. The van der Waals surface area contributed by atoms with Gasteiger partial charge in [-0.1, -0.05) is 51.1 Å². The van der Waals surface area contributed by atoms with Crippen molar-refractivity contribution in [2.75, 3.05) is 6.54 Å². The van der Waals surface area contributed by atoms with Gasteiger partial charge in [0.15, 0.2) is 0 Å². The molecule has 0 saturated carbocycles. The molecule has 0 spiro atoms. The maximum absolute atomic E-state index is 12.2. The highest BCUT2D eigenvalue weighted by molar-refractivity contribution is 5.93. The number of carbonyl (C=O) groups is 1. The normalized spacial score (nSPS) is 20.3. The van der Waals surface area contributed by atoms with Gasteiger partial charge in [-0.15, -0.1) is 0 Å². The SMILES string of the molecule is CC(C)(C)[C@H]1C=CCCN1NC(=O)c1ccccc1. The van der Waals surface area contributed by atoms with Crippen molar-refractivity contribution < 1.29 is 4.79 Å². The molecule has 1 aromatic rings. The third-order valence-corrected chi connectivity index (χ3v) is 3.36. The highest BCUT2D eigenvalue weighted by atomic mass is 16.2. The van der Waals surface area contributed by atoms with Crippen LogP contribution < -0.4 is 5.43 Å². The summed E-state index contributed by atoms with van der Waals surface area (Å²) in [5.74, 6) is -0.0369. The van der Waals surface area contributed by atoms with Crippen LogP contribution in [0.4, 0.5) is 0 Å². The lowest BCUT2D eigenvalue weighted by Gasteiger charge is -2.40. The van der Waals surface area contributed by atoms with Gasteiger partial charge < -0.3 is 0 Å². The first kappa shape index (κ1) is 13.8. The summed E-state index contributed by atoms with van der Waals surface area (Å²) < 4.78 is 0. The Morgan fingerprint density at radius 1 is 1.26 bits per heavy atom. The second kappa shape index (κ2) is 5.57. The van der Waals surface area contributed by atoms with E-state index in [9.17, 15) is 4.79 Å². The van der Waals surface area contributed by atoms with Crippen molar-refractivity contribution in [1.82, 2.24) is 10.4 Å². The van der Waals surface area contributed by atoms with Crippen molar-refractivity contribution in [2.45, 2.75) is 33.2 Å². The Bertz CT molecular complexity index is 459. The molecule has 2 rings (SSSR count). The molecule has 1 amide bonds. The third-order valence-electron chi connectivity index (χ3n) is 3.36. The first-order valence-corrected chi connectivity index (χ1v) is 6.78. The highest BCUT2D eigenvalue weighted by Crippen LogP contribution is 2.27. The summed E-state index contributed by atoms with van der Waals surface area (Å²) in [6.45, 7) is 7.43. The van der Waals surface area contributed by atoms with Gasteiger partial charge in [-0.05, 0) is 24.0 Å². The van der Waals surface area contributed by atoms with Gasteiger partial charge in [0.25, 0.3) is 5.91 Å². The standard InChI is InChI=1S/C16H22N2O/c1-16(2,3)14-11-7-8-12-18(14)17-15(19)13-9-5-4-6-10-13/h4-7,9-11,14H,8,12H2,1-3H3,(H,17,19)/t14-/m1/s1. The number of carbonyl (C=O) groups excluding carboxylic acids is 1. The quantitative estimate of drug-likeness (QED) is 0.827. The molecule has 0 saturated heterocycles. The van der Waals surface area contributed by atoms with E-state index in [0.717, 1.165) is 13.0 Å². The summed E-state index contributed by atoms with van der Waals surface area (Å²) in [6.07, 6.45) is 5.36. The van der Waals surface area contributed by atoms with Crippen LogP contribution in [0.2, 0.25) is 0 Å². The molecule has 3 nitrogen and oxygen atoms in total. The van der Waals surface area contributed by atoms with E-state index in [2.05, 4.69) is 43.4 Å². The predicted molar refractivity (Wildman–Crippen MR) is 77.6 cm³/mol. The van der Waals surface area contributed by atoms with Crippen LogP contribution in [0.5, 0.6) is 0 Å². The van der Waals surface area contributed by atoms with E-state index in [0.29, 0.717) is 5.56 Å². The van der Waals surface area contributed by atoms with Crippen molar-refractivity contribution >= 4 is 5.91 Å². The number of rotatable bonds is 2. The zero-order valence-electron chi connectivity index (χ0n) is 11.9. The number of amides is 1. The molecule has 0 fully saturated rings. The second-order valence-corrected chi connectivity index (χ2v) is 6.03. The summed E-state index contributed by atoms with van der Waals surface area (Å²) in [5.41, 5.74) is 3.83. The molecular weight excluding hydrogens is 236 g/mol. The molecule has 0 unspecified atom stereocenters. The molecule has 0 aromatic heterocycles. The molecule has 0 radical (unpaired) electrons. The predicted octanol–water partition coefficient (Wildman–Crippen LogP) is 3.01. The third kappa shape index (κ3) is 3.44. The highest BCUT2D eigenvalue weighted by Gasteiger charge is 2.30. The lowest BCUT2D eigenvalue weighted by Crippen LogP contribution is -2.54. The Morgan fingerprint density at radius 3 is 2.58 bits per heavy atom. The van der Waals surface area contributed by atoms with Gasteiger partial charge in [0.05, 0.1) is 6.04 Å². The molecule has 1 N–H and O–H groups in total. The average molecular weight is 258 g/mol. The van der Waals surface area contributed by atoms with Crippen LogP contribution >= 0.6 is 0 Å². The fourth-order valence-electron chi connectivity index (χ4n) is 2.35. The molecule has 1 aromatic carbocycles. The molecule has 1 heterocycles. The monoisotopic (exact) mass is 258 g/mol. The first-order chi connectivity index (χ1) is 8.98. The minimum atomic E-state index is -0.0369. The van der Waals surface area contributed by atoms with Crippen molar-refractivity contribution in [3.63, 3.8) is 0 Å². The Kier molecular flexibility index (Phi) is 4.05. The molecule has 1 aliphatic rings. The minimum Gasteiger partial charge on any atom is -0.284 e. The van der Waals surface area contributed by atoms with Crippen LogP contribution in [-0.4, -0.2) is 23.5 Å². The van der Waals surface area contributed by atoms with E-state index in [1.165, 1.54) is 0 Å². The first-order valence-electron chi connectivity index (χ1n) is 6.78. The summed E-state index contributed by atoms with van der Waals surface area (Å²) in [7, 11) is 0. The number of hydrogen-bond acceptors (Lipinski definition) is 2. The van der Waals surface area contributed by atoms with E-state index in [1.807, 2.05) is 30.3 Å². The molecular formula is C16H22N2O. The van der Waals surface area contributed by atoms with Gasteiger partial charge >= 0.3 is 0 Å². The van der Waals surface area contributed by atoms with Gasteiger partial charge in [0.2, 0.25) is 0 Å². The van der Waals surface area contributed by atoms with Gasteiger partial charge in [-0.2, -0.15) is 0 Å². The zero-order valence-corrected chi connectivity index (χ0v) is 11.9. The topological polar surface area (TPSA) is 32.3 Å². The molecule has 1 atom stereocenters. The number of hydrazine groups is 1. The summed E-state index contributed by atoms with van der Waals surface area (Å²) in [4.78, 5) is 12.2. The maximum atomic E-state index is 12.2. The smallest absolute Gasteiger partial charge is 0.265 e. The Hall–Kier alpha value is -1.61. The molecule has 19 heavy (non-hydrogen) atoms. The van der Waals surface area contributed by atoms with E-state index >= 15 is 0 Å². The van der Waals surface area contributed by atoms with E-state index in [1.54, 1.807) is 0 Å². The van der Waals surface area contributed by atoms with Gasteiger partial charge in [0.1, 0.15) is 0 Å². The van der Waals surface area contributed by atoms with E-state index < -0.39 is 0 Å². The van der Waals surface area contributed by atoms with Crippen LogP contribution in [0.1, 0.15) is 37.6 Å². The lowest BCUT2D eigenvalue weighted by atomic mass is 9.84. The van der Waals surface area contributed by atoms with Crippen molar-refractivity contribution in [1.29, 1.82) is 0 Å². The fourth-order valence-corrected chi connectivity index (χ4v) is 2.35. The van der Waals surface area contributed by atoms with Crippen LogP contribution in [-0.2, 0) is 0 Å². The Labute approximate surface area is 115 Å². The number of hydrogen-bond donors (Lipinski definition) is 1. The Balaban J connectivity index is 2.09. The van der Waals surface area contributed by atoms with E-state index in [4.69, 9.17) is 0 Å². The van der Waals surface area contributed by atoms with Crippen molar-refractivity contribution in [2.24, 2.45) is 5.41 Å². The van der Waals surface area contributed by atoms with Crippen molar-refractivity contribution in [3.05, 3.63) is 48.0 Å². The zero-order chi connectivity index (χ0) is 13.9. The fraction of sp³-hybridized carbons (Fsp3) is 0.438. The molecule has 0 bridgehead atoms. The van der Waals surface area contributed by atoms with Crippen LogP contribution in [0.15, 0.2) is 42.5 Å². The summed E-state index contributed by atoms with van der Waals surface area (Å²) in [6, 6.07) is 9.58.